The molecule has 2 aliphatic heterocycles. The van der Waals surface area contributed by atoms with E-state index in [4.69, 9.17) is 28.9 Å². The lowest BCUT2D eigenvalue weighted by molar-refractivity contribution is -0.255. The van der Waals surface area contributed by atoms with Gasteiger partial charge < -0.3 is 38.9 Å². The van der Waals surface area contributed by atoms with Crippen LogP contribution in [0.15, 0.2) is 144 Å². The van der Waals surface area contributed by atoms with Gasteiger partial charge >= 0.3 is 0 Å². The third-order valence-electron chi connectivity index (χ3n) is 14.5. The maximum atomic E-state index is 15.7. The fourth-order valence-corrected chi connectivity index (χ4v) is 11.6. The van der Waals surface area contributed by atoms with Gasteiger partial charge in [-0.25, -0.2) is 0 Å². The average molecular weight is 962 g/mol. The molecule has 11 nitrogen and oxygen atoms in total. The smallest absolute Gasteiger partial charge is 0.254 e. The first-order chi connectivity index (χ1) is 34.4. The van der Waals surface area contributed by atoms with E-state index in [1.54, 1.807) is 42.1 Å². The molecule has 2 fully saturated rings. The number of hydrogen-bond donors (Lipinski definition) is 2. The Balaban J connectivity index is 1.28. The van der Waals surface area contributed by atoms with E-state index in [0.717, 1.165) is 70.9 Å². The van der Waals surface area contributed by atoms with E-state index in [9.17, 15) is 15.5 Å². The van der Waals surface area contributed by atoms with Gasteiger partial charge in [-0.2, -0.15) is 5.26 Å². The Morgan fingerprint density at radius 3 is 2.46 bits per heavy atom. The third-order valence-corrected chi connectivity index (χ3v) is 15.2. The van der Waals surface area contributed by atoms with Crippen molar-refractivity contribution in [1.82, 2.24) is 4.90 Å². The number of carbonyl (C=O) groups excluding carboxylic acids is 1. The van der Waals surface area contributed by atoms with Crippen molar-refractivity contribution in [3.63, 3.8) is 0 Å². The molecule has 364 valence electrons. The number of carbonyl (C=O) groups is 1. The van der Waals surface area contributed by atoms with E-state index in [1.165, 1.54) is 0 Å². The number of fused-ring (bicyclic) bond motifs is 3. The second kappa shape index (κ2) is 22.9. The molecule has 5 aromatic carbocycles. The minimum absolute atomic E-state index is 0.0211. The van der Waals surface area contributed by atoms with E-state index in [1.807, 2.05) is 65.8 Å². The molecule has 9 rings (SSSR count). The van der Waals surface area contributed by atoms with Crippen molar-refractivity contribution in [1.29, 1.82) is 5.26 Å². The number of amides is 1. The number of allylic oxidation sites excluding steroid dienone is 1. The molecule has 70 heavy (non-hydrogen) atoms. The predicted octanol–water partition coefficient (Wildman–Crippen LogP) is 11.7. The van der Waals surface area contributed by atoms with E-state index >= 15 is 4.79 Å². The summed E-state index contributed by atoms with van der Waals surface area (Å²) in [6.45, 7) is 5.20. The maximum Gasteiger partial charge on any atom is 0.254 e. The van der Waals surface area contributed by atoms with Gasteiger partial charge in [-0.1, -0.05) is 72.6 Å². The predicted molar refractivity (Wildman–Crippen MR) is 273 cm³/mol. The number of ether oxygens (including phenoxy) is 4. The molecule has 0 bridgehead atoms. The van der Waals surface area contributed by atoms with Crippen molar-refractivity contribution in [3.8, 4) is 23.3 Å². The third kappa shape index (κ3) is 10.4. The quantitative estimate of drug-likeness (QED) is 0.0335. The van der Waals surface area contributed by atoms with Gasteiger partial charge in [0.2, 0.25) is 12.1 Å². The number of oxime groups is 1. The highest BCUT2D eigenvalue weighted by Crippen LogP contribution is 2.62. The fourth-order valence-electron chi connectivity index (χ4n) is 11.2. The highest BCUT2D eigenvalue weighted by molar-refractivity contribution is 7.98. The normalized spacial score (nSPS) is 24.1. The number of thioether (sulfide) groups is 1. The van der Waals surface area contributed by atoms with Crippen LogP contribution >= 0.6 is 11.8 Å². The molecule has 0 radical (unpaired) electrons. The molecule has 7 unspecified atom stereocenters. The number of aliphatic hydroxyl groups excluding tert-OH is 2. The molecule has 1 amide bonds. The molecule has 2 N–H and O–H groups in total. The summed E-state index contributed by atoms with van der Waals surface area (Å²) in [5.41, 5.74) is 4.40. The van der Waals surface area contributed by atoms with Crippen LogP contribution in [-0.4, -0.2) is 77.5 Å². The summed E-state index contributed by atoms with van der Waals surface area (Å²) in [7, 11) is 0. The van der Waals surface area contributed by atoms with Crippen LogP contribution < -0.4 is 9.47 Å². The van der Waals surface area contributed by atoms with E-state index < -0.39 is 24.0 Å². The number of nitriles is 1. The Kier molecular flexibility index (Phi) is 16.0. The molecule has 2 heterocycles. The first kappa shape index (κ1) is 49.1. The molecular weight excluding hydrogens is 899 g/mol. The van der Waals surface area contributed by atoms with Crippen molar-refractivity contribution in [3.05, 3.63) is 156 Å². The van der Waals surface area contributed by atoms with Crippen LogP contribution in [0.2, 0.25) is 0 Å². The summed E-state index contributed by atoms with van der Waals surface area (Å²) in [6.07, 6.45) is 13.0. The number of aliphatic hydroxyl groups is 2. The fraction of sp³-hybridized carbons (Fsp3) is 0.397. The summed E-state index contributed by atoms with van der Waals surface area (Å²) in [5.74, 6) is -0.458. The summed E-state index contributed by atoms with van der Waals surface area (Å²) in [4.78, 5) is 25.1. The van der Waals surface area contributed by atoms with Crippen molar-refractivity contribution in [2.24, 2.45) is 22.9 Å². The zero-order valence-electron chi connectivity index (χ0n) is 39.9. The number of hydrogen-bond acceptors (Lipinski definition) is 11. The highest BCUT2D eigenvalue weighted by Gasteiger charge is 2.65. The topological polar surface area (TPSA) is 143 Å². The zero-order valence-corrected chi connectivity index (χ0v) is 40.7. The van der Waals surface area contributed by atoms with Gasteiger partial charge in [-0.3, -0.25) is 4.79 Å². The minimum Gasteiger partial charge on any atom is -0.459 e. The largest absolute Gasteiger partial charge is 0.459 e. The SMILES string of the molecule is C=CCOC12Oc3ccc(Oc4ccc(SC)cc4)cc3C3C(CCCCO)C(CCCCO)C=C(C(=NOC4CCCCO4)CC1N(Cc1cccc4ccccc14)C(=O)c1ccc(C#N)cc1)C32. The van der Waals surface area contributed by atoms with Gasteiger partial charge in [0.15, 0.2) is 0 Å². The Bertz CT molecular complexity index is 2710. The second-order valence-corrected chi connectivity index (χ2v) is 19.6. The number of benzene rings is 5. The van der Waals surface area contributed by atoms with Gasteiger partial charge in [0.05, 0.1) is 36.5 Å². The van der Waals surface area contributed by atoms with Crippen molar-refractivity contribution in [2.45, 2.75) is 99.7 Å². The molecular formula is C58H63N3O8S. The van der Waals surface area contributed by atoms with Gasteiger partial charge in [-0.05, 0) is 145 Å². The van der Waals surface area contributed by atoms with Crippen molar-refractivity contribution >= 4 is 34.2 Å². The van der Waals surface area contributed by atoms with Crippen LogP contribution in [0.3, 0.4) is 0 Å². The van der Waals surface area contributed by atoms with Crippen molar-refractivity contribution < 1.29 is 38.8 Å². The van der Waals surface area contributed by atoms with Crippen LogP contribution in [-0.2, 0) is 20.9 Å². The number of nitrogens with zero attached hydrogens (tertiary/aromatic N) is 3. The minimum atomic E-state index is -1.49. The summed E-state index contributed by atoms with van der Waals surface area (Å²) < 4.78 is 27.6. The Morgan fingerprint density at radius 1 is 0.943 bits per heavy atom. The van der Waals surface area contributed by atoms with Gasteiger partial charge in [-0.15, -0.1) is 18.3 Å². The number of rotatable bonds is 20. The first-order valence-corrected chi connectivity index (χ1v) is 26.1. The van der Waals surface area contributed by atoms with E-state index in [0.29, 0.717) is 60.0 Å². The molecule has 7 atom stereocenters. The average Bonchev–Trinajstić information content (AvgIpc) is 3.40. The molecule has 1 saturated heterocycles. The summed E-state index contributed by atoms with van der Waals surface area (Å²) in [6, 6.07) is 36.6. The standard InChI is InChI=1S/C58H63N3O8S/c1-3-32-66-58-53(61(57(64)41-22-20-39(37-59)21-23-41)38-43-16-12-15-40-13-4-5-17-47(40)43)36-51(60-69-54-19-8-11-33-65-54)49-34-42(14-6-9-30-62)48(18-7-10-31-63)55(56(49)58)50-35-45(26-29-52(50)68-58)67-44-24-27-46(70-2)28-25-44/h3-5,12-13,15-17,20-29,34-35,42,48,53-56,62-63H,1,6-11,14,18-19,30-33,36,38H2,2H3. The van der Waals surface area contributed by atoms with Gasteiger partial charge in [0, 0.05) is 54.5 Å². The zero-order chi connectivity index (χ0) is 48.5. The lowest BCUT2D eigenvalue weighted by Gasteiger charge is -2.60. The monoisotopic (exact) mass is 961 g/mol. The van der Waals surface area contributed by atoms with Gasteiger partial charge in [0.1, 0.15) is 23.3 Å². The molecule has 4 aliphatic rings. The molecule has 0 spiro atoms. The van der Waals surface area contributed by atoms with Crippen molar-refractivity contribution in [2.75, 3.05) is 32.7 Å². The highest BCUT2D eigenvalue weighted by atomic mass is 32.2. The first-order valence-electron chi connectivity index (χ1n) is 24.8. The van der Waals surface area contributed by atoms with Crippen LogP contribution in [0.1, 0.15) is 97.2 Å². The number of unbranched alkanes of at least 4 members (excludes halogenated alkanes) is 2. The van der Waals surface area contributed by atoms with Crippen LogP contribution in [0, 0.1) is 29.1 Å². The van der Waals surface area contributed by atoms with E-state index in [-0.39, 0.29) is 56.4 Å². The summed E-state index contributed by atoms with van der Waals surface area (Å²) >= 11 is 1.67. The van der Waals surface area contributed by atoms with Crippen LogP contribution in [0.5, 0.6) is 17.2 Å². The second-order valence-electron chi connectivity index (χ2n) is 18.7. The maximum absolute atomic E-state index is 15.7. The lowest BCUT2D eigenvalue weighted by Crippen LogP contribution is -2.70. The van der Waals surface area contributed by atoms with Gasteiger partial charge in [0.25, 0.3) is 5.91 Å². The molecule has 5 aromatic rings. The molecule has 2 aliphatic carbocycles. The Hall–Kier alpha value is -5.94. The molecule has 1 saturated carbocycles. The van der Waals surface area contributed by atoms with Crippen LogP contribution in [0.25, 0.3) is 10.8 Å². The molecule has 12 heteroatoms. The lowest BCUT2D eigenvalue weighted by atomic mass is 9.55. The molecule has 0 aromatic heterocycles. The van der Waals surface area contributed by atoms with E-state index in [2.05, 4.69) is 49.1 Å². The Labute approximate surface area is 415 Å². The Morgan fingerprint density at radius 2 is 1.71 bits per heavy atom. The van der Waals surface area contributed by atoms with Crippen LogP contribution in [0.4, 0.5) is 0 Å². The summed E-state index contributed by atoms with van der Waals surface area (Å²) in [5, 5.41) is 37.1.